The lowest BCUT2D eigenvalue weighted by atomic mass is 9.93. The summed E-state index contributed by atoms with van der Waals surface area (Å²) in [7, 11) is -2.50. The number of hydrogen-bond acceptors (Lipinski definition) is 5. The molecule has 0 heterocycles. The van der Waals surface area contributed by atoms with Gasteiger partial charge in [-0.15, -0.1) is 0 Å². The van der Waals surface area contributed by atoms with Gasteiger partial charge in [-0.3, -0.25) is 14.2 Å². The van der Waals surface area contributed by atoms with E-state index in [-0.39, 0.29) is 5.78 Å². The minimum absolute atomic E-state index is 0.298. The first-order valence-electron chi connectivity index (χ1n) is 11.3. The van der Waals surface area contributed by atoms with Crippen molar-refractivity contribution in [2.24, 2.45) is 0 Å². The van der Waals surface area contributed by atoms with Crippen molar-refractivity contribution in [3.63, 3.8) is 0 Å². The number of Topliss-reactive ketones (excluding diaryl/α,β-unsaturated/α-hetero) is 1. The highest BCUT2D eigenvalue weighted by atomic mass is 31.1. The number of hydrogen-bond donors (Lipinski definition) is 0. The van der Waals surface area contributed by atoms with Gasteiger partial charge in [-0.05, 0) is 70.7 Å². The van der Waals surface area contributed by atoms with E-state index in [2.05, 4.69) is 0 Å². The minimum Gasteiger partial charge on any atom is -0.493 e. The maximum absolute atomic E-state index is 14.1. The van der Waals surface area contributed by atoms with Gasteiger partial charge in [0.1, 0.15) is 22.2 Å². The van der Waals surface area contributed by atoms with Gasteiger partial charge in [0.2, 0.25) is 5.52 Å². The van der Waals surface area contributed by atoms with Crippen molar-refractivity contribution in [1.82, 2.24) is 0 Å². The van der Waals surface area contributed by atoms with Gasteiger partial charge in [0, 0.05) is 5.56 Å². The van der Waals surface area contributed by atoms with E-state index in [4.69, 9.17) is 9.47 Å². The Bertz CT molecular complexity index is 1000. The molecule has 6 heteroatoms. The lowest BCUT2D eigenvalue weighted by molar-refractivity contribution is 0.0923. The first-order chi connectivity index (χ1) is 15.3. The van der Waals surface area contributed by atoms with E-state index >= 15 is 0 Å². The molecule has 3 rings (SSSR count). The largest absolute Gasteiger partial charge is 0.493 e. The second-order valence-electron chi connectivity index (χ2n) is 8.44. The van der Waals surface area contributed by atoms with Gasteiger partial charge >= 0.3 is 0 Å². The first kappa shape index (κ1) is 24.1. The Morgan fingerprint density at radius 2 is 1.41 bits per heavy atom. The van der Waals surface area contributed by atoms with E-state index in [9.17, 15) is 14.2 Å². The van der Waals surface area contributed by atoms with Crippen LogP contribution < -0.4 is 9.47 Å². The Kier molecular flexibility index (Phi) is 7.51. The predicted octanol–water partition coefficient (Wildman–Crippen LogP) is 6.57. The molecule has 1 atom stereocenters. The number of carbonyl (C=O) groups is 2. The van der Waals surface area contributed by atoms with Crippen LogP contribution in [0.4, 0.5) is 0 Å². The molecule has 5 nitrogen and oxygen atoms in total. The molecule has 1 radical (unpaired) electrons. The van der Waals surface area contributed by atoms with Crippen LogP contribution in [0.2, 0.25) is 0 Å². The van der Waals surface area contributed by atoms with E-state index in [1.807, 2.05) is 46.8 Å². The molecule has 1 fully saturated rings. The van der Waals surface area contributed by atoms with Crippen molar-refractivity contribution in [2.75, 3.05) is 13.2 Å². The van der Waals surface area contributed by atoms with Crippen LogP contribution in [0, 0.1) is 20.8 Å². The molecule has 2 aromatic rings. The van der Waals surface area contributed by atoms with Gasteiger partial charge in [0.15, 0.2) is 13.6 Å². The van der Waals surface area contributed by atoms with Gasteiger partial charge < -0.3 is 9.47 Å². The average molecular weight is 456 g/mol. The standard InChI is InChI=1S/C26H32O5P/c1-6-30-20-11-10-12-21(31-7-2)23(20)24(27)26(13-8-9-14-26)32(29)25(28)22-18(4)15-17(3)16-19(22)5/h10-12,15-16H,6-9,13-14H2,1-5H3. The Morgan fingerprint density at radius 1 is 0.906 bits per heavy atom. The van der Waals surface area contributed by atoms with Crippen molar-refractivity contribution in [1.29, 1.82) is 0 Å². The fourth-order valence-corrected chi connectivity index (χ4v) is 6.78. The Balaban J connectivity index is 2.11. The second kappa shape index (κ2) is 9.95. The summed E-state index contributed by atoms with van der Waals surface area (Å²) in [5.74, 6) is 0.515. The summed E-state index contributed by atoms with van der Waals surface area (Å²) in [6, 6.07) is 9.07. The molecule has 1 aliphatic rings. The molecular formula is C26H32O5P. The van der Waals surface area contributed by atoms with Crippen molar-refractivity contribution in [2.45, 2.75) is 65.5 Å². The highest BCUT2D eigenvalue weighted by Crippen LogP contribution is 2.55. The van der Waals surface area contributed by atoms with Gasteiger partial charge in [-0.2, -0.15) is 0 Å². The molecule has 32 heavy (non-hydrogen) atoms. The van der Waals surface area contributed by atoms with Crippen LogP contribution in [0.25, 0.3) is 0 Å². The number of benzene rings is 2. The lowest BCUT2D eigenvalue weighted by Gasteiger charge is -2.27. The topological polar surface area (TPSA) is 69.7 Å². The third-order valence-electron chi connectivity index (χ3n) is 6.13. The highest BCUT2D eigenvalue weighted by molar-refractivity contribution is 7.67. The fraction of sp³-hybridized carbons (Fsp3) is 0.462. The van der Waals surface area contributed by atoms with Gasteiger partial charge in [0.05, 0.1) is 13.2 Å². The number of ether oxygens (including phenoxy) is 2. The molecule has 0 spiro atoms. The van der Waals surface area contributed by atoms with Crippen molar-refractivity contribution < 1.29 is 23.6 Å². The van der Waals surface area contributed by atoms with Gasteiger partial charge in [-0.25, -0.2) is 0 Å². The molecule has 1 aliphatic carbocycles. The molecule has 1 saturated carbocycles. The third-order valence-corrected chi connectivity index (χ3v) is 8.15. The van der Waals surface area contributed by atoms with Crippen molar-refractivity contribution >= 4 is 19.1 Å². The fourth-order valence-electron chi connectivity index (χ4n) is 4.81. The average Bonchev–Trinajstić information content (AvgIpc) is 3.24. The second-order valence-corrected chi connectivity index (χ2v) is 10.3. The van der Waals surface area contributed by atoms with Gasteiger partial charge in [0.25, 0.3) is 0 Å². The zero-order valence-electron chi connectivity index (χ0n) is 19.6. The molecule has 0 bridgehead atoms. The summed E-state index contributed by atoms with van der Waals surface area (Å²) in [5, 5.41) is -1.24. The summed E-state index contributed by atoms with van der Waals surface area (Å²) >= 11 is 0. The summed E-state index contributed by atoms with van der Waals surface area (Å²) in [4.78, 5) is 27.6. The molecule has 0 N–H and O–H groups in total. The molecule has 1 unspecified atom stereocenters. The number of rotatable bonds is 9. The zero-order valence-corrected chi connectivity index (χ0v) is 20.5. The van der Waals surface area contributed by atoms with Crippen LogP contribution in [0.15, 0.2) is 30.3 Å². The van der Waals surface area contributed by atoms with Crippen LogP contribution in [-0.2, 0) is 4.57 Å². The van der Waals surface area contributed by atoms with Crippen molar-refractivity contribution in [3.8, 4) is 11.5 Å². The van der Waals surface area contributed by atoms with Crippen LogP contribution in [0.5, 0.6) is 11.5 Å². The van der Waals surface area contributed by atoms with Gasteiger partial charge in [-0.1, -0.05) is 36.6 Å². The molecule has 0 aliphatic heterocycles. The number of aryl methyl sites for hydroxylation is 3. The molecule has 2 aromatic carbocycles. The van der Waals surface area contributed by atoms with Crippen LogP contribution in [-0.4, -0.2) is 29.7 Å². The Morgan fingerprint density at radius 3 is 1.88 bits per heavy atom. The maximum atomic E-state index is 14.1. The monoisotopic (exact) mass is 455 g/mol. The van der Waals surface area contributed by atoms with E-state index in [1.165, 1.54) is 0 Å². The quantitative estimate of drug-likeness (QED) is 0.316. The smallest absolute Gasteiger partial charge is 0.243 e. The van der Waals surface area contributed by atoms with E-state index in [0.29, 0.717) is 48.7 Å². The molecule has 0 amide bonds. The summed E-state index contributed by atoms with van der Waals surface area (Å²) < 4.78 is 25.4. The normalized spacial score (nSPS) is 15.3. The van der Waals surface area contributed by atoms with Crippen LogP contribution >= 0.6 is 7.80 Å². The molecule has 171 valence electrons. The predicted molar refractivity (Wildman–Crippen MR) is 127 cm³/mol. The van der Waals surface area contributed by atoms with Crippen LogP contribution in [0.1, 0.15) is 76.9 Å². The minimum atomic E-state index is -2.50. The van der Waals surface area contributed by atoms with E-state index < -0.39 is 18.5 Å². The highest BCUT2D eigenvalue weighted by Gasteiger charge is 2.51. The zero-order chi connectivity index (χ0) is 23.5. The third kappa shape index (κ3) is 4.36. The molecular weight excluding hydrogens is 423 g/mol. The molecule has 0 saturated heterocycles. The lowest BCUT2D eigenvalue weighted by Crippen LogP contribution is -2.34. The van der Waals surface area contributed by atoms with E-state index in [1.54, 1.807) is 18.2 Å². The summed E-state index contributed by atoms with van der Waals surface area (Å²) in [6.07, 6.45) is 2.35. The van der Waals surface area contributed by atoms with Crippen LogP contribution in [0.3, 0.4) is 0 Å². The number of ketones is 1. The summed E-state index contributed by atoms with van der Waals surface area (Å²) in [6.45, 7) is 10.1. The van der Waals surface area contributed by atoms with E-state index in [0.717, 1.165) is 29.5 Å². The Labute approximate surface area is 191 Å². The SMILES string of the molecule is CCOc1cccc(OCC)c1C(=O)C1([P](=O)C(=O)c2c(C)cc(C)cc2C)CCCC1. The maximum Gasteiger partial charge on any atom is 0.243 e. The Hall–Kier alpha value is -2.52. The summed E-state index contributed by atoms with van der Waals surface area (Å²) in [5.41, 5.74) is 2.97. The number of carbonyl (C=O) groups excluding carboxylic acids is 2. The molecule has 0 aromatic heterocycles. The van der Waals surface area contributed by atoms with Crippen molar-refractivity contribution in [3.05, 3.63) is 58.1 Å². The first-order valence-corrected chi connectivity index (χ1v) is 12.6.